The molecule has 0 saturated carbocycles. The molecule has 0 atom stereocenters. The van der Waals surface area contributed by atoms with Crippen LogP contribution < -0.4 is 0 Å². The summed E-state index contributed by atoms with van der Waals surface area (Å²) in [5, 5.41) is 31.4. The van der Waals surface area contributed by atoms with Gasteiger partial charge in [-0.25, -0.2) is 9.78 Å². The highest BCUT2D eigenvalue weighted by Gasteiger charge is 2.27. The van der Waals surface area contributed by atoms with E-state index in [4.69, 9.17) is 0 Å². The second-order valence-electron chi connectivity index (χ2n) is 4.69. The number of aromatic carboxylic acids is 1. The third-order valence-electron chi connectivity index (χ3n) is 3.26. The third kappa shape index (κ3) is 2.54. The molecule has 3 rings (SSSR count). The van der Waals surface area contributed by atoms with E-state index in [1.807, 2.05) is 0 Å². The van der Waals surface area contributed by atoms with Gasteiger partial charge in [0.05, 0.1) is 26.6 Å². The number of carbonyl (C=O) groups is 1. The van der Waals surface area contributed by atoms with E-state index in [2.05, 4.69) is 4.98 Å². The van der Waals surface area contributed by atoms with Crippen LogP contribution in [-0.2, 0) is 0 Å². The molecule has 0 bridgehead atoms. The van der Waals surface area contributed by atoms with Gasteiger partial charge in [-0.2, -0.15) is 0 Å². The number of aromatic nitrogens is 1. The van der Waals surface area contributed by atoms with Gasteiger partial charge in [0.25, 0.3) is 5.69 Å². The molecule has 0 unspecified atom stereocenters. The summed E-state index contributed by atoms with van der Waals surface area (Å²) in [6.07, 6.45) is 0. The highest BCUT2D eigenvalue weighted by molar-refractivity contribution is 7.19. The SMILES string of the molecule is O=C(O)c1cc(-c2sc([N+](=O)[O-])cc2[N+](=O)[O-])nc2ccccc12. The Morgan fingerprint density at radius 2 is 1.83 bits per heavy atom. The fraction of sp³-hybridized carbons (Fsp3) is 0. The maximum Gasteiger partial charge on any atom is 0.336 e. The molecule has 1 N–H and O–H groups in total. The van der Waals surface area contributed by atoms with Crippen molar-refractivity contribution in [3.63, 3.8) is 0 Å². The van der Waals surface area contributed by atoms with E-state index in [0.717, 1.165) is 6.07 Å². The number of thiophene rings is 1. The van der Waals surface area contributed by atoms with E-state index < -0.39 is 26.5 Å². The average molecular weight is 345 g/mol. The zero-order valence-electron chi connectivity index (χ0n) is 11.7. The summed E-state index contributed by atoms with van der Waals surface area (Å²) in [6.45, 7) is 0. The van der Waals surface area contributed by atoms with Crippen LogP contribution in [0, 0.1) is 20.2 Å². The molecule has 120 valence electrons. The lowest BCUT2D eigenvalue weighted by Crippen LogP contribution is -2.00. The number of carboxylic acids is 1. The standard InChI is InChI=1S/C14H7N3O6S/c18-14(19)8-5-10(15-9-4-2-1-3-7(8)9)13-11(16(20)21)6-12(24-13)17(22)23/h1-6H,(H,18,19). The van der Waals surface area contributed by atoms with Gasteiger partial charge in [0.2, 0.25) is 0 Å². The molecule has 0 aliphatic heterocycles. The van der Waals surface area contributed by atoms with Crippen molar-refractivity contribution in [3.05, 3.63) is 62.2 Å². The Bertz CT molecular complexity index is 1010. The normalized spacial score (nSPS) is 10.7. The summed E-state index contributed by atoms with van der Waals surface area (Å²) in [5.41, 5.74) is -0.222. The molecule has 1 aromatic carbocycles. The van der Waals surface area contributed by atoms with Gasteiger partial charge >= 0.3 is 11.0 Å². The van der Waals surface area contributed by atoms with Gasteiger partial charge in [0.1, 0.15) is 10.9 Å². The maximum absolute atomic E-state index is 11.5. The second kappa shape index (κ2) is 5.66. The molecular formula is C14H7N3O6S. The number of rotatable bonds is 4. The van der Waals surface area contributed by atoms with Crippen molar-refractivity contribution >= 4 is 38.9 Å². The number of nitro groups is 2. The Hall–Kier alpha value is -3.40. The number of benzene rings is 1. The van der Waals surface area contributed by atoms with Crippen molar-refractivity contribution in [2.45, 2.75) is 0 Å². The van der Waals surface area contributed by atoms with E-state index in [-0.39, 0.29) is 16.1 Å². The molecule has 0 aliphatic rings. The smallest absolute Gasteiger partial charge is 0.336 e. The maximum atomic E-state index is 11.5. The molecular weight excluding hydrogens is 338 g/mol. The van der Waals surface area contributed by atoms with Gasteiger partial charge in [-0.1, -0.05) is 29.5 Å². The highest BCUT2D eigenvalue weighted by atomic mass is 32.1. The van der Waals surface area contributed by atoms with Crippen LogP contribution in [0.15, 0.2) is 36.4 Å². The first-order chi connectivity index (χ1) is 11.4. The van der Waals surface area contributed by atoms with E-state index >= 15 is 0 Å². The monoisotopic (exact) mass is 345 g/mol. The van der Waals surface area contributed by atoms with E-state index in [9.17, 15) is 30.1 Å². The number of hydrogen-bond donors (Lipinski definition) is 1. The number of carboxylic acid groups (broad SMARTS) is 1. The zero-order chi connectivity index (χ0) is 17.4. The largest absolute Gasteiger partial charge is 0.478 e. The number of fused-ring (bicyclic) bond motifs is 1. The number of nitrogens with zero attached hydrogens (tertiary/aromatic N) is 3. The number of pyridine rings is 1. The highest BCUT2D eigenvalue weighted by Crippen LogP contribution is 2.41. The Balaban J connectivity index is 2.32. The molecule has 0 spiro atoms. The first kappa shape index (κ1) is 15.5. The summed E-state index contributed by atoms with van der Waals surface area (Å²) in [6, 6.07) is 8.47. The molecule has 0 saturated heterocycles. The molecule has 2 aromatic heterocycles. The third-order valence-corrected chi connectivity index (χ3v) is 4.35. The van der Waals surface area contributed by atoms with Crippen LogP contribution in [0.1, 0.15) is 10.4 Å². The first-order valence-electron chi connectivity index (χ1n) is 6.44. The van der Waals surface area contributed by atoms with Crippen molar-refractivity contribution in [1.29, 1.82) is 0 Å². The lowest BCUT2D eigenvalue weighted by Gasteiger charge is -2.05. The predicted molar refractivity (Wildman–Crippen MR) is 85.3 cm³/mol. The molecule has 24 heavy (non-hydrogen) atoms. The van der Waals surface area contributed by atoms with E-state index in [1.54, 1.807) is 24.3 Å². The minimum absolute atomic E-state index is 0.0101. The molecule has 2 heterocycles. The quantitative estimate of drug-likeness (QED) is 0.564. The summed E-state index contributed by atoms with van der Waals surface area (Å²) in [7, 11) is 0. The van der Waals surface area contributed by atoms with Crippen LogP contribution in [0.5, 0.6) is 0 Å². The van der Waals surface area contributed by atoms with Gasteiger partial charge in [-0.3, -0.25) is 20.2 Å². The van der Waals surface area contributed by atoms with E-state index in [0.29, 0.717) is 22.2 Å². The van der Waals surface area contributed by atoms with Crippen molar-refractivity contribution in [1.82, 2.24) is 4.98 Å². The summed E-state index contributed by atoms with van der Waals surface area (Å²) in [4.78, 5) is 36.2. The summed E-state index contributed by atoms with van der Waals surface area (Å²) >= 11 is 0.582. The molecule has 0 aliphatic carbocycles. The van der Waals surface area contributed by atoms with Gasteiger partial charge in [0.15, 0.2) is 0 Å². The second-order valence-corrected chi connectivity index (χ2v) is 5.72. The van der Waals surface area contributed by atoms with Gasteiger partial charge in [0, 0.05) is 5.39 Å². The van der Waals surface area contributed by atoms with Crippen LogP contribution in [0.4, 0.5) is 10.7 Å². The topological polar surface area (TPSA) is 136 Å². The Morgan fingerprint density at radius 3 is 2.46 bits per heavy atom. The van der Waals surface area contributed by atoms with Crippen LogP contribution in [-0.4, -0.2) is 25.9 Å². The summed E-state index contributed by atoms with van der Waals surface area (Å²) in [5.74, 6) is -1.22. The average Bonchev–Trinajstić information content (AvgIpc) is 2.99. The minimum Gasteiger partial charge on any atom is -0.478 e. The van der Waals surface area contributed by atoms with Crippen molar-refractivity contribution < 1.29 is 19.7 Å². The summed E-state index contributed by atoms with van der Waals surface area (Å²) < 4.78 is 0. The lowest BCUT2D eigenvalue weighted by atomic mass is 10.1. The molecule has 0 radical (unpaired) electrons. The molecule has 9 nitrogen and oxygen atoms in total. The van der Waals surface area contributed by atoms with Crippen LogP contribution in [0.2, 0.25) is 0 Å². The molecule has 3 aromatic rings. The lowest BCUT2D eigenvalue weighted by molar-refractivity contribution is -0.389. The predicted octanol–water partition coefficient (Wildman–Crippen LogP) is 3.48. The van der Waals surface area contributed by atoms with Crippen molar-refractivity contribution in [2.24, 2.45) is 0 Å². The van der Waals surface area contributed by atoms with Crippen LogP contribution in [0.25, 0.3) is 21.5 Å². The Labute approximate surface area is 137 Å². The fourth-order valence-corrected chi connectivity index (χ4v) is 3.15. The minimum atomic E-state index is -1.22. The Morgan fingerprint density at radius 1 is 1.12 bits per heavy atom. The van der Waals surface area contributed by atoms with Gasteiger partial charge in [-0.05, 0) is 12.1 Å². The first-order valence-corrected chi connectivity index (χ1v) is 7.26. The Kier molecular flexibility index (Phi) is 3.66. The molecule has 0 fully saturated rings. The van der Waals surface area contributed by atoms with Crippen LogP contribution >= 0.6 is 11.3 Å². The fourth-order valence-electron chi connectivity index (χ4n) is 2.25. The number of para-hydroxylation sites is 1. The van der Waals surface area contributed by atoms with Gasteiger partial charge < -0.3 is 5.11 Å². The van der Waals surface area contributed by atoms with E-state index in [1.165, 1.54) is 6.07 Å². The van der Waals surface area contributed by atoms with Crippen LogP contribution in [0.3, 0.4) is 0 Å². The number of hydrogen-bond acceptors (Lipinski definition) is 7. The molecule has 0 amide bonds. The molecule has 10 heteroatoms. The van der Waals surface area contributed by atoms with Gasteiger partial charge in [-0.15, -0.1) is 0 Å². The zero-order valence-corrected chi connectivity index (χ0v) is 12.5. The van der Waals surface area contributed by atoms with Crippen molar-refractivity contribution in [2.75, 3.05) is 0 Å². The van der Waals surface area contributed by atoms with Crippen molar-refractivity contribution in [3.8, 4) is 10.6 Å².